The molecule has 3 rings (SSSR count). The van der Waals surface area contributed by atoms with Crippen LogP contribution in [-0.2, 0) is 12.8 Å². The molecule has 0 spiro atoms. The van der Waals surface area contributed by atoms with Gasteiger partial charge in [-0.05, 0) is 62.5 Å². The van der Waals surface area contributed by atoms with E-state index in [1.807, 2.05) is 0 Å². The summed E-state index contributed by atoms with van der Waals surface area (Å²) < 4.78 is 0. The number of hydrazone groups is 1. The molecule has 2 aliphatic carbocycles. The number of thiophene rings is 1. The molecule has 1 amide bonds. The third kappa shape index (κ3) is 3.54. The molecule has 3 nitrogen and oxygen atoms in total. The van der Waals surface area contributed by atoms with E-state index in [1.165, 1.54) is 42.5 Å². The third-order valence-corrected chi connectivity index (χ3v) is 5.97. The van der Waals surface area contributed by atoms with Gasteiger partial charge in [0.1, 0.15) is 0 Å². The number of nitrogens with zero attached hydrogens (tertiary/aromatic N) is 1. The highest BCUT2D eigenvalue weighted by Crippen LogP contribution is 2.33. The van der Waals surface area contributed by atoms with Crippen LogP contribution in [-0.4, -0.2) is 11.6 Å². The standard InChI is InChI=1S/C17H24N2OS/c1-2-12-8-9-15-13(10-12)11-16(21-15)17(20)19-18-14-6-4-3-5-7-14/h11-12H,2-10H2,1H3,(H,19,20)/t12-/m0/s1. The van der Waals surface area contributed by atoms with Gasteiger partial charge in [-0.25, -0.2) is 5.43 Å². The molecule has 1 fully saturated rings. The van der Waals surface area contributed by atoms with Crippen molar-refractivity contribution in [3.8, 4) is 0 Å². The van der Waals surface area contributed by atoms with E-state index in [1.54, 1.807) is 11.3 Å². The summed E-state index contributed by atoms with van der Waals surface area (Å²) in [5, 5.41) is 4.32. The molecule has 0 aliphatic heterocycles. The molecule has 0 unspecified atom stereocenters. The highest BCUT2D eigenvalue weighted by molar-refractivity contribution is 7.14. The van der Waals surface area contributed by atoms with Crippen LogP contribution in [0, 0.1) is 5.92 Å². The lowest BCUT2D eigenvalue weighted by Gasteiger charge is -2.19. The highest BCUT2D eigenvalue weighted by Gasteiger charge is 2.22. The second-order valence-corrected chi connectivity index (χ2v) is 7.39. The second kappa shape index (κ2) is 6.73. The van der Waals surface area contributed by atoms with Crippen molar-refractivity contribution >= 4 is 23.0 Å². The van der Waals surface area contributed by atoms with Gasteiger partial charge in [0.25, 0.3) is 5.91 Å². The van der Waals surface area contributed by atoms with Crippen molar-refractivity contribution in [3.05, 3.63) is 21.4 Å². The Kier molecular flexibility index (Phi) is 4.73. The first-order chi connectivity index (χ1) is 10.3. The molecule has 2 aliphatic rings. The summed E-state index contributed by atoms with van der Waals surface area (Å²) in [5.74, 6) is 0.769. The third-order valence-electron chi connectivity index (χ3n) is 4.73. The van der Waals surface area contributed by atoms with Gasteiger partial charge < -0.3 is 0 Å². The van der Waals surface area contributed by atoms with Gasteiger partial charge in [-0.1, -0.05) is 19.8 Å². The molecule has 1 saturated carbocycles. The Morgan fingerprint density at radius 2 is 2.14 bits per heavy atom. The molecule has 114 valence electrons. The molecule has 1 N–H and O–H groups in total. The van der Waals surface area contributed by atoms with Crippen LogP contribution in [0.1, 0.15) is 72.0 Å². The van der Waals surface area contributed by atoms with E-state index in [4.69, 9.17) is 0 Å². The summed E-state index contributed by atoms with van der Waals surface area (Å²) in [5.41, 5.74) is 5.31. The fourth-order valence-electron chi connectivity index (χ4n) is 3.32. The summed E-state index contributed by atoms with van der Waals surface area (Å²) in [6.07, 6.45) is 10.6. The van der Waals surface area contributed by atoms with Gasteiger partial charge in [0.15, 0.2) is 0 Å². The largest absolute Gasteiger partial charge is 0.281 e. The van der Waals surface area contributed by atoms with Crippen LogP contribution in [0.3, 0.4) is 0 Å². The zero-order chi connectivity index (χ0) is 14.7. The lowest BCUT2D eigenvalue weighted by molar-refractivity contribution is 0.0958. The van der Waals surface area contributed by atoms with Gasteiger partial charge in [0.05, 0.1) is 4.88 Å². The van der Waals surface area contributed by atoms with E-state index in [-0.39, 0.29) is 5.91 Å². The predicted octanol–water partition coefficient (Wildman–Crippen LogP) is 4.31. The van der Waals surface area contributed by atoms with Crippen LogP contribution < -0.4 is 5.43 Å². The number of hydrogen-bond acceptors (Lipinski definition) is 3. The van der Waals surface area contributed by atoms with Gasteiger partial charge >= 0.3 is 0 Å². The fourth-order valence-corrected chi connectivity index (χ4v) is 4.41. The molecular weight excluding hydrogens is 280 g/mol. The summed E-state index contributed by atoms with van der Waals surface area (Å²) in [6.45, 7) is 2.26. The normalized spacial score (nSPS) is 21.8. The van der Waals surface area contributed by atoms with Gasteiger partial charge in [-0.2, -0.15) is 5.10 Å². The molecule has 1 heterocycles. The Morgan fingerprint density at radius 3 is 2.90 bits per heavy atom. The molecule has 1 aromatic heterocycles. The van der Waals surface area contributed by atoms with Crippen molar-refractivity contribution in [2.75, 3.05) is 0 Å². The van der Waals surface area contributed by atoms with Gasteiger partial charge in [-0.15, -0.1) is 11.3 Å². The maximum atomic E-state index is 12.2. The Bertz CT molecular complexity index is 539. The molecule has 0 saturated heterocycles. The van der Waals surface area contributed by atoms with Gasteiger partial charge in [-0.3, -0.25) is 4.79 Å². The minimum Gasteiger partial charge on any atom is -0.266 e. The van der Waals surface area contributed by atoms with Crippen LogP contribution in [0.4, 0.5) is 0 Å². The average Bonchev–Trinajstić information content (AvgIpc) is 2.96. The molecule has 1 atom stereocenters. The molecule has 21 heavy (non-hydrogen) atoms. The first-order valence-electron chi connectivity index (χ1n) is 8.23. The number of carbonyl (C=O) groups excluding carboxylic acids is 1. The smallest absolute Gasteiger partial charge is 0.266 e. The number of aryl methyl sites for hydroxylation is 1. The van der Waals surface area contributed by atoms with Crippen molar-refractivity contribution < 1.29 is 4.79 Å². The van der Waals surface area contributed by atoms with Crippen LogP contribution in [0.25, 0.3) is 0 Å². The van der Waals surface area contributed by atoms with E-state index in [9.17, 15) is 4.79 Å². The van der Waals surface area contributed by atoms with Crippen molar-refractivity contribution in [2.45, 2.75) is 64.7 Å². The maximum Gasteiger partial charge on any atom is 0.281 e. The second-order valence-electron chi connectivity index (χ2n) is 6.26. The summed E-state index contributed by atoms with van der Waals surface area (Å²) in [6, 6.07) is 2.10. The first-order valence-corrected chi connectivity index (χ1v) is 9.05. The summed E-state index contributed by atoms with van der Waals surface area (Å²) >= 11 is 1.66. The predicted molar refractivity (Wildman–Crippen MR) is 88.1 cm³/mol. The van der Waals surface area contributed by atoms with Crippen molar-refractivity contribution in [3.63, 3.8) is 0 Å². The van der Waals surface area contributed by atoms with Crippen LogP contribution in [0.15, 0.2) is 11.2 Å². The van der Waals surface area contributed by atoms with E-state index in [2.05, 4.69) is 23.5 Å². The van der Waals surface area contributed by atoms with Crippen molar-refractivity contribution in [1.82, 2.24) is 5.43 Å². The number of amides is 1. The quantitative estimate of drug-likeness (QED) is 0.830. The average molecular weight is 304 g/mol. The number of rotatable bonds is 3. The molecule has 1 aromatic rings. The molecule has 4 heteroatoms. The topological polar surface area (TPSA) is 41.5 Å². The Labute approximate surface area is 130 Å². The van der Waals surface area contributed by atoms with Gasteiger partial charge in [0, 0.05) is 10.6 Å². The minimum atomic E-state index is -0.0273. The number of carbonyl (C=O) groups is 1. The highest BCUT2D eigenvalue weighted by atomic mass is 32.1. The van der Waals surface area contributed by atoms with E-state index in [0.29, 0.717) is 0 Å². The number of fused-ring (bicyclic) bond motifs is 1. The first kappa shape index (κ1) is 14.8. The molecule has 0 radical (unpaired) electrons. The lowest BCUT2D eigenvalue weighted by Crippen LogP contribution is -2.19. The van der Waals surface area contributed by atoms with E-state index in [0.717, 1.165) is 42.2 Å². The minimum absolute atomic E-state index is 0.0273. The summed E-state index contributed by atoms with van der Waals surface area (Å²) in [4.78, 5) is 14.5. The zero-order valence-electron chi connectivity index (χ0n) is 12.8. The molecule has 0 bridgehead atoms. The van der Waals surface area contributed by atoms with Crippen LogP contribution in [0.2, 0.25) is 0 Å². The zero-order valence-corrected chi connectivity index (χ0v) is 13.6. The van der Waals surface area contributed by atoms with Crippen molar-refractivity contribution in [2.24, 2.45) is 11.0 Å². The van der Waals surface area contributed by atoms with Crippen molar-refractivity contribution in [1.29, 1.82) is 0 Å². The van der Waals surface area contributed by atoms with E-state index < -0.39 is 0 Å². The number of nitrogens with one attached hydrogen (secondary N) is 1. The van der Waals surface area contributed by atoms with Crippen LogP contribution >= 0.6 is 11.3 Å². The van der Waals surface area contributed by atoms with Crippen LogP contribution in [0.5, 0.6) is 0 Å². The fraction of sp³-hybridized carbons (Fsp3) is 0.647. The maximum absolute atomic E-state index is 12.2. The Balaban J connectivity index is 1.64. The molecular formula is C17H24N2OS. The SMILES string of the molecule is CC[C@H]1CCc2sc(C(=O)NN=C3CCCCC3)cc2C1. The van der Waals surface area contributed by atoms with Gasteiger partial charge in [0.2, 0.25) is 0 Å². The Morgan fingerprint density at radius 1 is 1.33 bits per heavy atom. The Hall–Kier alpha value is -1.16. The number of hydrogen-bond donors (Lipinski definition) is 1. The monoisotopic (exact) mass is 304 g/mol. The lowest BCUT2D eigenvalue weighted by atomic mass is 9.87. The summed E-state index contributed by atoms with van der Waals surface area (Å²) in [7, 11) is 0. The molecule has 0 aromatic carbocycles. The van der Waals surface area contributed by atoms with E-state index >= 15 is 0 Å².